The van der Waals surface area contributed by atoms with Gasteiger partial charge in [-0.25, -0.2) is 4.98 Å². The molecule has 0 aliphatic rings. The molecule has 0 atom stereocenters. The molecule has 0 unspecified atom stereocenters. The number of anilines is 2. The molecule has 3 aromatic rings. The highest BCUT2D eigenvalue weighted by atomic mass is 16.1. The van der Waals surface area contributed by atoms with Crippen LogP contribution < -0.4 is 10.6 Å². The molecule has 0 fully saturated rings. The molecule has 3 rings (SSSR count). The Morgan fingerprint density at radius 1 is 0.808 bits per heavy atom. The lowest BCUT2D eigenvalue weighted by atomic mass is 10.1. The Kier molecular flexibility index (Phi) is 6.37. The molecular formula is C22H23N3O. The highest BCUT2D eigenvalue weighted by molar-refractivity contribution is 5.90. The third-order valence-corrected chi connectivity index (χ3v) is 4.09. The third kappa shape index (κ3) is 5.74. The van der Waals surface area contributed by atoms with E-state index in [0.717, 1.165) is 30.9 Å². The van der Waals surface area contributed by atoms with Crippen LogP contribution in [0.1, 0.15) is 17.5 Å². The molecule has 0 aliphatic heterocycles. The number of rotatable bonds is 8. The molecule has 2 N–H and O–H groups in total. The van der Waals surface area contributed by atoms with Gasteiger partial charge in [0, 0.05) is 13.0 Å². The van der Waals surface area contributed by atoms with Crippen LogP contribution in [0.2, 0.25) is 0 Å². The van der Waals surface area contributed by atoms with Crippen molar-refractivity contribution in [3.8, 4) is 0 Å². The predicted octanol–water partition coefficient (Wildman–Crippen LogP) is 4.31. The molecule has 0 saturated carbocycles. The minimum Gasteiger partial charge on any atom is -0.370 e. The monoisotopic (exact) mass is 345 g/mol. The number of benzene rings is 2. The van der Waals surface area contributed by atoms with Gasteiger partial charge in [-0.15, -0.1) is 0 Å². The molecule has 1 aromatic heterocycles. The van der Waals surface area contributed by atoms with Crippen molar-refractivity contribution in [2.45, 2.75) is 19.3 Å². The molecule has 0 radical (unpaired) electrons. The highest BCUT2D eigenvalue weighted by Gasteiger charge is 2.04. The van der Waals surface area contributed by atoms with Gasteiger partial charge in [0.1, 0.15) is 5.82 Å². The van der Waals surface area contributed by atoms with Crippen molar-refractivity contribution in [2.75, 3.05) is 17.2 Å². The van der Waals surface area contributed by atoms with Gasteiger partial charge in [-0.1, -0.05) is 60.7 Å². The molecule has 2 aromatic carbocycles. The van der Waals surface area contributed by atoms with Crippen LogP contribution in [0.4, 0.5) is 11.5 Å². The van der Waals surface area contributed by atoms with Gasteiger partial charge in [0.25, 0.3) is 0 Å². The van der Waals surface area contributed by atoms with Gasteiger partial charge in [-0.2, -0.15) is 0 Å². The first kappa shape index (κ1) is 17.7. The predicted molar refractivity (Wildman–Crippen MR) is 106 cm³/mol. The maximum Gasteiger partial charge on any atom is 0.224 e. The first-order valence-electron chi connectivity index (χ1n) is 8.87. The largest absolute Gasteiger partial charge is 0.370 e. The van der Waals surface area contributed by atoms with Gasteiger partial charge in [0.05, 0.1) is 11.9 Å². The molecule has 1 amide bonds. The summed E-state index contributed by atoms with van der Waals surface area (Å²) in [4.78, 5) is 16.4. The van der Waals surface area contributed by atoms with Crippen molar-refractivity contribution < 1.29 is 4.79 Å². The number of hydrogen-bond acceptors (Lipinski definition) is 3. The standard InChI is InChI=1S/C22H23N3O/c26-22(14-11-18-7-3-1-4-8-18)25-20-12-13-21(24-17-20)23-16-15-19-9-5-2-6-10-19/h1-10,12-13,17H,11,14-16H2,(H,23,24)(H,25,26). The lowest BCUT2D eigenvalue weighted by Gasteiger charge is -2.08. The van der Waals surface area contributed by atoms with E-state index in [0.29, 0.717) is 6.42 Å². The van der Waals surface area contributed by atoms with Crippen LogP contribution in [-0.2, 0) is 17.6 Å². The SMILES string of the molecule is O=C(CCc1ccccc1)Nc1ccc(NCCc2ccccc2)nc1. The molecule has 0 aliphatic carbocycles. The highest BCUT2D eigenvalue weighted by Crippen LogP contribution is 2.11. The fourth-order valence-electron chi connectivity index (χ4n) is 2.68. The maximum atomic E-state index is 12.0. The molecular weight excluding hydrogens is 322 g/mol. The van der Waals surface area contributed by atoms with E-state index in [1.807, 2.05) is 60.7 Å². The van der Waals surface area contributed by atoms with Crippen LogP contribution in [0.25, 0.3) is 0 Å². The molecule has 132 valence electrons. The van der Waals surface area contributed by atoms with Crippen molar-refractivity contribution in [3.63, 3.8) is 0 Å². The molecule has 0 spiro atoms. The Bertz CT molecular complexity index is 802. The number of amides is 1. The lowest BCUT2D eigenvalue weighted by molar-refractivity contribution is -0.116. The number of carbonyl (C=O) groups is 1. The van der Waals surface area contributed by atoms with Gasteiger partial charge in [0.15, 0.2) is 0 Å². The Labute approximate surface area is 154 Å². The Hall–Kier alpha value is -3.14. The van der Waals surface area contributed by atoms with E-state index in [1.165, 1.54) is 11.1 Å². The number of hydrogen-bond donors (Lipinski definition) is 2. The van der Waals surface area contributed by atoms with E-state index in [9.17, 15) is 4.79 Å². The second kappa shape index (κ2) is 9.37. The quantitative estimate of drug-likeness (QED) is 0.640. The molecule has 0 bridgehead atoms. The smallest absolute Gasteiger partial charge is 0.224 e. The number of nitrogens with one attached hydrogen (secondary N) is 2. The van der Waals surface area contributed by atoms with E-state index >= 15 is 0 Å². The summed E-state index contributed by atoms with van der Waals surface area (Å²) in [5, 5.41) is 6.19. The van der Waals surface area contributed by atoms with Gasteiger partial charge < -0.3 is 10.6 Å². The van der Waals surface area contributed by atoms with E-state index in [1.54, 1.807) is 6.20 Å². The van der Waals surface area contributed by atoms with Crippen LogP contribution in [0.5, 0.6) is 0 Å². The molecule has 1 heterocycles. The first-order chi connectivity index (χ1) is 12.8. The van der Waals surface area contributed by atoms with E-state index < -0.39 is 0 Å². The van der Waals surface area contributed by atoms with E-state index in [-0.39, 0.29) is 5.91 Å². The topological polar surface area (TPSA) is 54.0 Å². The summed E-state index contributed by atoms with van der Waals surface area (Å²) >= 11 is 0. The zero-order valence-corrected chi connectivity index (χ0v) is 14.7. The molecule has 26 heavy (non-hydrogen) atoms. The second-order valence-electron chi connectivity index (χ2n) is 6.13. The summed E-state index contributed by atoms with van der Waals surface area (Å²) in [7, 11) is 0. The Morgan fingerprint density at radius 2 is 1.46 bits per heavy atom. The maximum absolute atomic E-state index is 12.0. The molecule has 0 saturated heterocycles. The van der Waals surface area contributed by atoms with Crippen LogP contribution in [-0.4, -0.2) is 17.4 Å². The van der Waals surface area contributed by atoms with Gasteiger partial charge in [0.2, 0.25) is 5.91 Å². The molecule has 4 heteroatoms. The Balaban J connectivity index is 1.41. The van der Waals surface area contributed by atoms with Gasteiger partial charge in [-0.05, 0) is 36.1 Å². The normalized spacial score (nSPS) is 10.3. The zero-order chi connectivity index (χ0) is 18.0. The second-order valence-corrected chi connectivity index (χ2v) is 6.13. The summed E-state index contributed by atoms with van der Waals surface area (Å²) in [6, 6.07) is 24.1. The van der Waals surface area contributed by atoms with Crippen molar-refractivity contribution in [2.24, 2.45) is 0 Å². The first-order valence-corrected chi connectivity index (χ1v) is 8.87. The zero-order valence-electron chi connectivity index (χ0n) is 14.7. The summed E-state index contributed by atoms with van der Waals surface area (Å²) in [6.07, 6.45) is 3.83. The van der Waals surface area contributed by atoms with Gasteiger partial charge >= 0.3 is 0 Å². The summed E-state index contributed by atoms with van der Waals surface area (Å²) in [6.45, 7) is 0.819. The minimum atomic E-state index is 0.000407. The average Bonchev–Trinajstić information content (AvgIpc) is 2.69. The van der Waals surface area contributed by atoms with Gasteiger partial charge in [-0.3, -0.25) is 4.79 Å². The van der Waals surface area contributed by atoms with Crippen LogP contribution in [0.3, 0.4) is 0 Å². The van der Waals surface area contributed by atoms with Crippen LogP contribution in [0, 0.1) is 0 Å². The summed E-state index contributed by atoms with van der Waals surface area (Å²) in [5.41, 5.74) is 3.18. The van der Waals surface area contributed by atoms with Crippen molar-refractivity contribution in [1.82, 2.24) is 4.98 Å². The lowest BCUT2D eigenvalue weighted by Crippen LogP contribution is -2.13. The number of aryl methyl sites for hydroxylation is 1. The minimum absolute atomic E-state index is 0.000407. The summed E-state index contributed by atoms with van der Waals surface area (Å²) < 4.78 is 0. The summed E-state index contributed by atoms with van der Waals surface area (Å²) in [5.74, 6) is 0.809. The van der Waals surface area contributed by atoms with Crippen LogP contribution in [0.15, 0.2) is 79.0 Å². The number of nitrogens with zero attached hydrogens (tertiary/aromatic N) is 1. The van der Waals surface area contributed by atoms with Crippen LogP contribution >= 0.6 is 0 Å². The average molecular weight is 345 g/mol. The van der Waals surface area contributed by atoms with Crippen molar-refractivity contribution >= 4 is 17.4 Å². The Morgan fingerprint density at radius 3 is 2.08 bits per heavy atom. The fraction of sp³-hybridized carbons (Fsp3) is 0.182. The van der Waals surface area contributed by atoms with Crippen molar-refractivity contribution in [1.29, 1.82) is 0 Å². The fourth-order valence-corrected chi connectivity index (χ4v) is 2.68. The number of pyridine rings is 1. The van der Waals surface area contributed by atoms with E-state index in [2.05, 4.69) is 27.8 Å². The third-order valence-electron chi connectivity index (χ3n) is 4.09. The molecule has 4 nitrogen and oxygen atoms in total. The van der Waals surface area contributed by atoms with Crippen molar-refractivity contribution in [3.05, 3.63) is 90.1 Å². The number of aromatic nitrogens is 1. The number of carbonyl (C=O) groups excluding carboxylic acids is 1. The van der Waals surface area contributed by atoms with E-state index in [4.69, 9.17) is 0 Å².